The number of aliphatic hydroxyl groups is 2. The van der Waals surface area contributed by atoms with Crippen molar-refractivity contribution in [2.24, 2.45) is 0 Å². The van der Waals surface area contributed by atoms with Gasteiger partial charge >= 0.3 is 5.97 Å². The quantitative estimate of drug-likeness (QED) is 0.291. The number of carbonyl (C=O) groups is 1. The lowest BCUT2D eigenvalue weighted by Gasteiger charge is -2.16. The second-order valence-corrected chi connectivity index (χ2v) is 8.81. The van der Waals surface area contributed by atoms with E-state index in [9.17, 15) is 23.4 Å². The van der Waals surface area contributed by atoms with Crippen molar-refractivity contribution in [2.75, 3.05) is 13.2 Å². The molecule has 8 heteroatoms. The maximum Gasteiger partial charge on any atom is 0.333 e. The van der Waals surface area contributed by atoms with Crippen LogP contribution in [0.2, 0.25) is 0 Å². The van der Waals surface area contributed by atoms with Gasteiger partial charge in [0.1, 0.15) is 0 Å². The lowest BCUT2D eigenvalue weighted by atomic mass is 10.1. The van der Waals surface area contributed by atoms with Crippen molar-refractivity contribution in [3.05, 3.63) is 11.6 Å². The van der Waals surface area contributed by atoms with Crippen molar-refractivity contribution in [2.45, 2.75) is 82.7 Å². The summed E-state index contributed by atoms with van der Waals surface area (Å²) in [7, 11) is -3.63. The van der Waals surface area contributed by atoms with Crippen LogP contribution in [-0.2, 0) is 19.6 Å². The van der Waals surface area contributed by atoms with Crippen molar-refractivity contribution in [1.29, 1.82) is 0 Å². The molecule has 152 valence electrons. The Bertz CT molecular complexity index is 546. The molecule has 0 aromatic heterocycles. The van der Waals surface area contributed by atoms with Gasteiger partial charge in [-0.25, -0.2) is 17.9 Å². The van der Waals surface area contributed by atoms with E-state index in [1.165, 1.54) is 38.2 Å². The van der Waals surface area contributed by atoms with Crippen LogP contribution in [0, 0.1) is 0 Å². The monoisotopic (exact) mass is 391 g/mol. The first kappa shape index (κ1) is 23.1. The summed E-state index contributed by atoms with van der Waals surface area (Å²) >= 11 is 0. The molecule has 0 spiro atoms. The Labute approximate surface area is 156 Å². The summed E-state index contributed by atoms with van der Waals surface area (Å²) in [4.78, 5) is 11.0. The molecule has 0 saturated carbocycles. The van der Waals surface area contributed by atoms with Crippen LogP contribution in [0.5, 0.6) is 0 Å². The summed E-state index contributed by atoms with van der Waals surface area (Å²) in [5, 5.41) is 18.0. The summed E-state index contributed by atoms with van der Waals surface area (Å²) in [6, 6.07) is 0. The Balaban J connectivity index is 2.24. The fourth-order valence-corrected chi connectivity index (χ4v) is 4.24. The highest BCUT2D eigenvalue weighted by molar-refractivity contribution is 7.90. The zero-order chi connectivity index (χ0) is 19.4. The van der Waals surface area contributed by atoms with Gasteiger partial charge in [0, 0.05) is 18.2 Å². The van der Waals surface area contributed by atoms with Crippen LogP contribution in [-0.4, -0.2) is 49.3 Å². The van der Waals surface area contributed by atoms with Crippen molar-refractivity contribution in [3.8, 4) is 0 Å². The minimum Gasteiger partial charge on any atom is -0.429 e. The van der Waals surface area contributed by atoms with E-state index < -0.39 is 34.1 Å². The average Bonchev–Trinajstić information content (AvgIpc) is 2.90. The predicted molar refractivity (Wildman–Crippen MR) is 99.8 cm³/mol. The van der Waals surface area contributed by atoms with E-state index in [-0.39, 0.29) is 13.0 Å². The van der Waals surface area contributed by atoms with E-state index in [1.54, 1.807) is 0 Å². The van der Waals surface area contributed by atoms with Crippen LogP contribution >= 0.6 is 0 Å². The molecular weight excluding hydrogens is 358 g/mol. The van der Waals surface area contributed by atoms with Crippen LogP contribution < -0.4 is 4.72 Å². The number of hydrogen-bond acceptors (Lipinski definition) is 6. The average molecular weight is 392 g/mol. The minimum absolute atomic E-state index is 0.0514. The molecule has 2 unspecified atom stereocenters. The number of hydrogen-bond donors (Lipinski definition) is 3. The van der Waals surface area contributed by atoms with Gasteiger partial charge in [-0.05, 0) is 12.8 Å². The number of nitrogens with one attached hydrogen (secondary N) is 1. The third kappa shape index (κ3) is 8.62. The van der Waals surface area contributed by atoms with Crippen LogP contribution in [0.3, 0.4) is 0 Å². The lowest BCUT2D eigenvalue weighted by Crippen LogP contribution is -2.37. The van der Waals surface area contributed by atoms with Crippen molar-refractivity contribution < 1.29 is 28.2 Å². The topological polar surface area (TPSA) is 113 Å². The summed E-state index contributed by atoms with van der Waals surface area (Å²) in [6.45, 7) is 1.82. The molecule has 0 saturated heterocycles. The largest absolute Gasteiger partial charge is 0.429 e. The first-order valence-electron chi connectivity index (χ1n) is 9.59. The molecule has 0 bridgehead atoms. The third-order valence-corrected chi connectivity index (χ3v) is 6.46. The van der Waals surface area contributed by atoms with Gasteiger partial charge in [0.25, 0.3) is 0 Å². The minimum atomic E-state index is -3.63. The Kier molecular flexibility index (Phi) is 11.0. The molecule has 0 aromatic rings. The van der Waals surface area contributed by atoms with E-state index in [0.717, 1.165) is 19.3 Å². The number of esters is 1. The molecule has 0 amide bonds. The Morgan fingerprint density at radius 1 is 1.15 bits per heavy atom. The van der Waals surface area contributed by atoms with E-state index in [2.05, 4.69) is 16.4 Å². The molecule has 1 rings (SSSR count). The standard InChI is InChI=1S/C18H33NO6S/c1-2-3-4-5-6-7-8-9-10-16(14-20)26(23,24)19-12-11-15-13-17(21)25-18(15)22/h13,16,18-20,22H,2-12,14H2,1H3. The zero-order valence-electron chi connectivity index (χ0n) is 15.7. The first-order valence-corrected chi connectivity index (χ1v) is 11.1. The van der Waals surface area contributed by atoms with Gasteiger partial charge in [-0.3, -0.25) is 0 Å². The Morgan fingerprint density at radius 2 is 1.77 bits per heavy atom. The number of ether oxygens (including phenoxy) is 1. The van der Waals surface area contributed by atoms with Crippen LogP contribution in [0.25, 0.3) is 0 Å². The van der Waals surface area contributed by atoms with Gasteiger partial charge in [0.2, 0.25) is 16.3 Å². The van der Waals surface area contributed by atoms with Gasteiger partial charge in [0.05, 0.1) is 11.9 Å². The molecular formula is C18H33NO6S. The SMILES string of the molecule is CCCCCCCCCCC(CO)S(=O)(=O)NCCC1=CC(=O)OC1O. The summed E-state index contributed by atoms with van der Waals surface area (Å²) in [5.74, 6) is -0.627. The van der Waals surface area contributed by atoms with Crippen LogP contribution in [0.1, 0.15) is 71.1 Å². The molecule has 3 N–H and O–H groups in total. The Hall–Kier alpha value is -0.960. The molecule has 0 aliphatic carbocycles. The van der Waals surface area contributed by atoms with Gasteiger partial charge in [0.15, 0.2) is 0 Å². The number of unbranched alkanes of at least 4 members (excludes halogenated alkanes) is 7. The molecule has 0 aromatic carbocycles. The van der Waals surface area contributed by atoms with E-state index in [1.807, 2.05) is 0 Å². The van der Waals surface area contributed by atoms with Crippen molar-refractivity contribution in [1.82, 2.24) is 4.72 Å². The molecule has 1 heterocycles. The van der Waals surface area contributed by atoms with Gasteiger partial charge < -0.3 is 14.9 Å². The third-order valence-electron chi connectivity index (χ3n) is 4.59. The zero-order valence-corrected chi connectivity index (χ0v) is 16.5. The maximum atomic E-state index is 12.3. The van der Waals surface area contributed by atoms with Crippen molar-refractivity contribution in [3.63, 3.8) is 0 Å². The van der Waals surface area contributed by atoms with Gasteiger partial charge in [-0.15, -0.1) is 0 Å². The smallest absolute Gasteiger partial charge is 0.333 e. The highest BCUT2D eigenvalue weighted by Crippen LogP contribution is 2.17. The number of sulfonamides is 1. The van der Waals surface area contributed by atoms with Gasteiger partial charge in [-0.2, -0.15) is 0 Å². The number of cyclic esters (lactones) is 1. The van der Waals surface area contributed by atoms with E-state index >= 15 is 0 Å². The van der Waals surface area contributed by atoms with Gasteiger partial charge in [-0.1, -0.05) is 58.3 Å². The van der Waals surface area contributed by atoms with Crippen LogP contribution in [0.4, 0.5) is 0 Å². The highest BCUT2D eigenvalue weighted by atomic mass is 32.2. The molecule has 0 radical (unpaired) electrons. The summed E-state index contributed by atoms with van der Waals surface area (Å²) < 4.78 is 31.5. The second-order valence-electron chi connectivity index (χ2n) is 6.77. The number of carbonyl (C=O) groups excluding carboxylic acids is 1. The number of rotatable bonds is 15. The predicted octanol–water partition coefficient (Wildman–Crippen LogP) is 1.99. The molecule has 26 heavy (non-hydrogen) atoms. The van der Waals surface area contributed by atoms with Crippen LogP contribution in [0.15, 0.2) is 11.6 Å². The fourth-order valence-electron chi connectivity index (χ4n) is 2.94. The summed E-state index contributed by atoms with van der Waals surface area (Å²) in [5.41, 5.74) is 0.348. The molecule has 1 aliphatic heterocycles. The molecule has 1 aliphatic rings. The lowest BCUT2D eigenvalue weighted by molar-refractivity contribution is -0.151. The highest BCUT2D eigenvalue weighted by Gasteiger charge is 2.26. The molecule has 2 atom stereocenters. The maximum absolute atomic E-state index is 12.3. The molecule has 7 nitrogen and oxygen atoms in total. The van der Waals surface area contributed by atoms with Crippen molar-refractivity contribution >= 4 is 16.0 Å². The number of aliphatic hydroxyl groups excluding tert-OH is 2. The van der Waals surface area contributed by atoms with E-state index in [0.29, 0.717) is 12.0 Å². The Morgan fingerprint density at radius 3 is 2.31 bits per heavy atom. The second kappa shape index (κ2) is 12.4. The summed E-state index contributed by atoms with van der Waals surface area (Å²) in [6.07, 6.45) is 9.47. The van der Waals surface area contributed by atoms with E-state index in [4.69, 9.17) is 0 Å². The fraction of sp³-hybridized carbons (Fsp3) is 0.833. The normalized spacial score (nSPS) is 18.7. The first-order chi connectivity index (χ1) is 12.4. The molecule has 0 fully saturated rings.